The summed E-state index contributed by atoms with van der Waals surface area (Å²) in [5.41, 5.74) is 0. The van der Waals surface area contributed by atoms with Crippen LogP contribution in [-0.4, -0.2) is 41.6 Å². The summed E-state index contributed by atoms with van der Waals surface area (Å²) >= 11 is 0. The van der Waals surface area contributed by atoms with E-state index in [9.17, 15) is 13.2 Å². The first-order chi connectivity index (χ1) is 10.9. The van der Waals surface area contributed by atoms with E-state index in [1.54, 1.807) is 0 Å². The standard InChI is InChI=1S/C15H24N2O5S/c1-4-5-6-9-16-15(18)11-17-23(19,20)12-7-8-13(21-2)14(10-12)22-3/h7-8,10,17H,4-6,9,11H2,1-3H3,(H,16,18). The molecule has 2 N–H and O–H groups in total. The third-order valence-electron chi connectivity index (χ3n) is 3.19. The molecule has 0 unspecified atom stereocenters. The number of benzene rings is 1. The molecule has 0 spiro atoms. The predicted molar refractivity (Wildman–Crippen MR) is 87.3 cm³/mol. The monoisotopic (exact) mass is 344 g/mol. The fourth-order valence-electron chi connectivity index (χ4n) is 1.89. The van der Waals surface area contributed by atoms with Gasteiger partial charge in [0.2, 0.25) is 15.9 Å². The van der Waals surface area contributed by atoms with Gasteiger partial charge >= 0.3 is 0 Å². The number of amides is 1. The molecule has 0 aliphatic rings. The molecule has 1 aromatic carbocycles. The first kappa shape index (κ1) is 19.2. The van der Waals surface area contributed by atoms with Crippen LogP contribution < -0.4 is 19.5 Å². The average Bonchev–Trinajstić information content (AvgIpc) is 2.56. The first-order valence-electron chi connectivity index (χ1n) is 7.43. The van der Waals surface area contributed by atoms with Crippen LogP contribution in [0.25, 0.3) is 0 Å². The fraction of sp³-hybridized carbons (Fsp3) is 0.533. The lowest BCUT2D eigenvalue weighted by Gasteiger charge is -2.11. The first-order valence-corrected chi connectivity index (χ1v) is 8.91. The number of sulfonamides is 1. The number of carbonyl (C=O) groups excluding carboxylic acids is 1. The van der Waals surface area contributed by atoms with Crippen LogP contribution >= 0.6 is 0 Å². The summed E-state index contributed by atoms with van der Waals surface area (Å²) in [5.74, 6) is 0.379. The molecule has 0 aromatic heterocycles. The number of methoxy groups -OCH3 is 2. The maximum absolute atomic E-state index is 12.2. The van der Waals surface area contributed by atoms with Gasteiger partial charge in [0.25, 0.3) is 0 Å². The second-order valence-electron chi connectivity index (χ2n) is 4.90. The highest BCUT2D eigenvalue weighted by Crippen LogP contribution is 2.29. The van der Waals surface area contributed by atoms with Crippen molar-refractivity contribution in [2.45, 2.75) is 31.1 Å². The minimum absolute atomic E-state index is 0.00827. The summed E-state index contributed by atoms with van der Waals surface area (Å²) in [5, 5.41) is 2.67. The molecule has 23 heavy (non-hydrogen) atoms. The zero-order valence-electron chi connectivity index (χ0n) is 13.7. The number of rotatable bonds is 10. The molecule has 8 heteroatoms. The Hall–Kier alpha value is -1.80. The summed E-state index contributed by atoms with van der Waals surface area (Å²) < 4.78 is 36.8. The van der Waals surface area contributed by atoms with Crippen LogP contribution in [0.3, 0.4) is 0 Å². The van der Waals surface area contributed by atoms with Crippen molar-refractivity contribution < 1.29 is 22.7 Å². The van der Waals surface area contributed by atoms with E-state index < -0.39 is 10.0 Å². The van der Waals surface area contributed by atoms with Crippen molar-refractivity contribution >= 4 is 15.9 Å². The molecule has 0 saturated heterocycles. The molecule has 0 bridgehead atoms. The van der Waals surface area contributed by atoms with E-state index in [2.05, 4.69) is 17.0 Å². The number of nitrogens with one attached hydrogen (secondary N) is 2. The normalized spacial score (nSPS) is 11.1. The third kappa shape index (κ3) is 6.07. The Bertz CT molecular complexity index is 616. The molecular formula is C15H24N2O5S. The van der Waals surface area contributed by atoms with Gasteiger partial charge in [-0.3, -0.25) is 4.79 Å². The molecule has 1 rings (SSSR count). The van der Waals surface area contributed by atoms with E-state index in [0.717, 1.165) is 19.3 Å². The number of carbonyl (C=O) groups is 1. The molecule has 7 nitrogen and oxygen atoms in total. The highest BCUT2D eigenvalue weighted by atomic mass is 32.2. The maximum Gasteiger partial charge on any atom is 0.241 e. The fourth-order valence-corrected chi connectivity index (χ4v) is 2.89. The molecule has 0 atom stereocenters. The maximum atomic E-state index is 12.2. The van der Waals surface area contributed by atoms with E-state index in [1.165, 1.54) is 32.4 Å². The second kappa shape index (κ2) is 9.36. The van der Waals surface area contributed by atoms with Crippen LogP contribution in [0.15, 0.2) is 23.1 Å². The van der Waals surface area contributed by atoms with Crippen molar-refractivity contribution in [1.29, 1.82) is 0 Å². The van der Waals surface area contributed by atoms with E-state index in [4.69, 9.17) is 9.47 Å². The Morgan fingerprint density at radius 2 is 1.83 bits per heavy atom. The Morgan fingerprint density at radius 3 is 2.43 bits per heavy atom. The van der Waals surface area contributed by atoms with Crippen molar-refractivity contribution in [2.75, 3.05) is 27.3 Å². The SMILES string of the molecule is CCCCCNC(=O)CNS(=O)(=O)c1ccc(OC)c(OC)c1. The van der Waals surface area contributed by atoms with Gasteiger partial charge < -0.3 is 14.8 Å². The molecule has 1 amide bonds. The molecule has 0 saturated carbocycles. The Labute approximate surface area is 137 Å². The molecule has 0 aliphatic carbocycles. The van der Waals surface area contributed by atoms with Crippen LogP contribution in [0.5, 0.6) is 11.5 Å². The highest BCUT2D eigenvalue weighted by molar-refractivity contribution is 7.89. The lowest BCUT2D eigenvalue weighted by molar-refractivity contribution is -0.119. The zero-order valence-corrected chi connectivity index (χ0v) is 14.5. The quantitative estimate of drug-likeness (QED) is 0.624. The largest absolute Gasteiger partial charge is 0.493 e. The Balaban J connectivity index is 2.64. The molecular weight excluding hydrogens is 320 g/mol. The van der Waals surface area contributed by atoms with Gasteiger partial charge in [0.1, 0.15) is 0 Å². The molecule has 1 aromatic rings. The van der Waals surface area contributed by atoms with Gasteiger partial charge in [0.05, 0.1) is 25.7 Å². The second-order valence-corrected chi connectivity index (χ2v) is 6.67. The van der Waals surface area contributed by atoms with Crippen molar-refractivity contribution in [3.63, 3.8) is 0 Å². The van der Waals surface area contributed by atoms with Crippen molar-refractivity contribution in [3.05, 3.63) is 18.2 Å². The molecule has 0 radical (unpaired) electrons. The summed E-state index contributed by atoms with van der Waals surface area (Å²) in [6.45, 7) is 2.31. The lowest BCUT2D eigenvalue weighted by Crippen LogP contribution is -2.37. The van der Waals surface area contributed by atoms with E-state index in [1.807, 2.05) is 0 Å². The van der Waals surface area contributed by atoms with Crippen LogP contribution in [0.1, 0.15) is 26.2 Å². The number of ether oxygens (including phenoxy) is 2. The summed E-state index contributed by atoms with van der Waals surface area (Å²) in [4.78, 5) is 11.6. The van der Waals surface area contributed by atoms with Gasteiger partial charge in [0.15, 0.2) is 11.5 Å². The van der Waals surface area contributed by atoms with E-state index in [0.29, 0.717) is 18.0 Å². The number of hydrogen-bond acceptors (Lipinski definition) is 5. The molecule has 0 aliphatic heterocycles. The molecule has 130 valence electrons. The van der Waals surface area contributed by atoms with Gasteiger partial charge in [-0.25, -0.2) is 13.1 Å². The van der Waals surface area contributed by atoms with Crippen molar-refractivity contribution in [1.82, 2.24) is 10.0 Å². The Kier molecular flexibility index (Phi) is 7.84. The zero-order chi connectivity index (χ0) is 17.3. The van der Waals surface area contributed by atoms with Gasteiger partial charge in [-0.15, -0.1) is 0 Å². The van der Waals surface area contributed by atoms with Crippen LogP contribution in [0.2, 0.25) is 0 Å². The highest BCUT2D eigenvalue weighted by Gasteiger charge is 2.18. The number of unbranched alkanes of at least 4 members (excludes halogenated alkanes) is 2. The number of hydrogen-bond donors (Lipinski definition) is 2. The predicted octanol–water partition coefficient (Wildman–Crippen LogP) is 1.29. The average molecular weight is 344 g/mol. The Morgan fingerprint density at radius 1 is 1.13 bits per heavy atom. The van der Waals surface area contributed by atoms with E-state index in [-0.39, 0.29) is 17.3 Å². The van der Waals surface area contributed by atoms with Gasteiger partial charge in [-0.1, -0.05) is 19.8 Å². The van der Waals surface area contributed by atoms with Crippen LogP contribution in [0, 0.1) is 0 Å². The van der Waals surface area contributed by atoms with Crippen molar-refractivity contribution in [3.8, 4) is 11.5 Å². The summed E-state index contributed by atoms with van der Waals surface area (Å²) in [6.07, 6.45) is 2.96. The molecule has 0 fully saturated rings. The topological polar surface area (TPSA) is 93.7 Å². The van der Waals surface area contributed by atoms with Gasteiger partial charge in [-0.05, 0) is 18.6 Å². The minimum Gasteiger partial charge on any atom is -0.493 e. The van der Waals surface area contributed by atoms with Gasteiger partial charge in [0, 0.05) is 12.6 Å². The smallest absolute Gasteiger partial charge is 0.241 e. The van der Waals surface area contributed by atoms with Crippen molar-refractivity contribution in [2.24, 2.45) is 0 Å². The molecule has 0 heterocycles. The summed E-state index contributed by atoms with van der Waals surface area (Å²) in [6, 6.07) is 4.24. The third-order valence-corrected chi connectivity index (χ3v) is 4.59. The van der Waals surface area contributed by atoms with Crippen LogP contribution in [-0.2, 0) is 14.8 Å². The van der Waals surface area contributed by atoms with E-state index >= 15 is 0 Å². The van der Waals surface area contributed by atoms with Gasteiger partial charge in [-0.2, -0.15) is 0 Å². The summed E-state index contributed by atoms with van der Waals surface area (Å²) in [7, 11) is -0.907. The minimum atomic E-state index is -3.79. The van der Waals surface area contributed by atoms with Crippen LogP contribution in [0.4, 0.5) is 0 Å². The lowest BCUT2D eigenvalue weighted by atomic mass is 10.2.